The van der Waals surface area contributed by atoms with E-state index >= 15 is 0 Å². The minimum absolute atomic E-state index is 0.0159. The van der Waals surface area contributed by atoms with E-state index in [1.165, 1.54) is 41.5 Å². The first kappa shape index (κ1) is 26.2. The summed E-state index contributed by atoms with van der Waals surface area (Å²) in [7, 11) is 1.51. The normalized spacial score (nSPS) is 17.3. The van der Waals surface area contributed by atoms with Gasteiger partial charge in [0.1, 0.15) is 11.6 Å². The average molecular weight is 585 g/mol. The second-order valence-corrected chi connectivity index (χ2v) is 12.0. The highest BCUT2D eigenvalue weighted by Gasteiger charge is 2.41. The Morgan fingerprint density at radius 2 is 2.21 bits per heavy atom. The van der Waals surface area contributed by atoms with E-state index in [0.717, 1.165) is 10.6 Å². The lowest BCUT2D eigenvalue weighted by atomic mass is 9.78. The Morgan fingerprint density at radius 3 is 2.95 bits per heavy atom. The number of nitrogens with two attached hydrogens (primary N) is 1. The summed E-state index contributed by atoms with van der Waals surface area (Å²) in [5, 5.41) is 24.2. The van der Waals surface area contributed by atoms with Gasteiger partial charge in [0.15, 0.2) is 10.1 Å². The van der Waals surface area contributed by atoms with Gasteiger partial charge < -0.3 is 15.8 Å². The third kappa shape index (κ3) is 5.02. The Labute approximate surface area is 235 Å². The fourth-order valence-electron chi connectivity index (χ4n) is 4.49. The molecule has 3 heterocycles. The van der Waals surface area contributed by atoms with Crippen molar-refractivity contribution in [2.75, 3.05) is 23.1 Å². The summed E-state index contributed by atoms with van der Waals surface area (Å²) in [4.78, 5) is 28.3. The number of anilines is 2. The van der Waals surface area contributed by atoms with Crippen LogP contribution in [-0.2, 0) is 9.59 Å². The molecule has 1 atom stereocenters. The number of nitrogens with zero attached hydrogens (tertiary/aromatic N) is 4. The number of amides is 1. The van der Waals surface area contributed by atoms with Gasteiger partial charge in [0.05, 0.1) is 36.1 Å². The number of aromatic nitrogens is 2. The van der Waals surface area contributed by atoms with Gasteiger partial charge in [-0.25, -0.2) is 0 Å². The number of ketones is 1. The molecule has 5 rings (SSSR count). The van der Waals surface area contributed by atoms with E-state index in [4.69, 9.17) is 22.1 Å². The van der Waals surface area contributed by atoms with Crippen LogP contribution in [0.25, 0.3) is 0 Å². The molecule has 1 unspecified atom stereocenters. The van der Waals surface area contributed by atoms with E-state index in [0.29, 0.717) is 56.3 Å². The van der Waals surface area contributed by atoms with Gasteiger partial charge in [-0.1, -0.05) is 40.8 Å². The van der Waals surface area contributed by atoms with Crippen LogP contribution in [0.2, 0.25) is 5.02 Å². The number of hydrogen-bond donors (Lipinski definition) is 2. The largest absolute Gasteiger partial charge is 0.495 e. The molecule has 2 aromatic heterocycles. The molecule has 0 radical (unpaired) electrons. The van der Waals surface area contributed by atoms with Crippen molar-refractivity contribution in [1.82, 2.24) is 10.2 Å². The molecule has 0 saturated carbocycles. The van der Waals surface area contributed by atoms with Crippen LogP contribution in [-0.4, -0.2) is 34.8 Å². The molecular weight excluding hydrogens is 564 g/mol. The number of halogens is 1. The van der Waals surface area contributed by atoms with Crippen molar-refractivity contribution in [2.45, 2.75) is 29.5 Å². The lowest BCUT2D eigenvalue weighted by Gasteiger charge is -2.37. The summed E-state index contributed by atoms with van der Waals surface area (Å²) in [5.41, 5.74) is 8.71. The van der Waals surface area contributed by atoms with Gasteiger partial charge in [-0.15, -0.1) is 21.5 Å². The molecule has 13 heteroatoms. The van der Waals surface area contributed by atoms with Gasteiger partial charge >= 0.3 is 0 Å². The zero-order valence-corrected chi connectivity index (χ0v) is 23.3. The number of carbonyl (C=O) groups excluding carboxylic acids is 2. The van der Waals surface area contributed by atoms with Gasteiger partial charge in [0.25, 0.3) is 0 Å². The van der Waals surface area contributed by atoms with Crippen molar-refractivity contribution in [3.05, 3.63) is 68.3 Å². The molecule has 1 amide bonds. The molecule has 1 aliphatic carbocycles. The Kier molecular flexibility index (Phi) is 7.71. The molecule has 0 bridgehead atoms. The molecule has 0 fully saturated rings. The first-order valence-electron chi connectivity index (χ1n) is 11.5. The highest BCUT2D eigenvalue weighted by atomic mass is 35.5. The van der Waals surface area contributed by atoms with Crippen LogP contribution in [0.3, 0.4) is 0 Å². The number of rotatable bonds is 7. The summed E-state index contributed by atoms with van der Waals surface area (Å²) >= 11 is 10.00. The topological polar surface area (TPSA) is 134 Å². The predicted octanol–water partition coefficient (Wildman–Crippen LogP) is 5.30. The molecule has 0 spiro atoms. The highest BCUT2D eigenvalue weighted by Crippen LogP contribution is 2.48. The number of ether oxygens (including phenoxy) is 1. The van der Waals surface area contributed by atoms with E-state index < -0.39 is 5.92 Å². The van der Waals surface area contributed by atoms with Crippen molar-refractivity contribution < 1.29 is 14.3 Å². The maximum Gasteiger partial charge on any atom is 0.234 e. The second kappa shape index (κ2) is 11.2. The molecule has 1 aromatic carbocycles. The smallest absolute Gasteiger partial charge is 0.234 e. The van der Waals surface area contributed by atoms with Crippen LogP contribution < -0.4 is 20.7 Å². The minimum Gasteiger partial charge on any atom is -0.495 e. The van der Waals surface area contributed by atoms with Gasteiger partial charge in [-0.2, -0.15) is 5.26 Å². The number of Topliss-reactive ketones (excluding diaryl/α,β-unsaturated/α-hetero) is 1. The van der Waals surface area contributed by atoms with Crippen LogP contribution >= 0.6 is 46.0 Å². The SMILES string of the molecule is COc1ccc(Cl)cc1NC(=O)CSc1nnc(N2C(N)=C(C#N)C(c3cccs3)C3=C2CCCC3=O)s1. The lowest BCUT2D eigenvalue weighted by molar-refractivity contribution is -0.116. The molecule has 194 valence electrons. The Bertz CT molecular complexity index is 1510. The molecule has 3 N–H and O–H groups in total. The zero-order valence-electron chi connectivity index (χ0n) is 20.1. The number of carbonyl (C=O) groups is 2. The number of hydrogen-bond acceptors (Lipinski definition) is 11. The number of benzene rings is 1. The summed E-state index contributed by atoms with van der Waals surface area (Å²) in [6.07, 6.45) is 1.75. The maximum atomic E-state index is 13.1. The van der Waals surface area contributed by atoms with Gasteiger partial charge in [-0.3, -0.25) is 14.5 Å². The fraction of sp³-hybridized carbons (Fsp3) is 0.240. The highest BCUT2D eigenvalue weighted by molar-refractivity contribution is 8.01. The maximum absolute atomic E-state index is 13.1. The van der Waals surface area contributed by atoms with Crippen LogP contribution in [0.1, 0.15) is 30.1 Å². The van der Waals surface area contributed by atoms with Crippen molar-refractivity contribution in [2.24, 2.45) is 5.73 Å². The standard InChI is InChI=1S/C25H21ClN6O3S3/c1-35-18-8-7-13(26)10-15(18)29-20(34)12-37-25-31-30-24(38-25)32-16-4-2-5-17(33)22(16)21(14(11-27)23(32)28)19-6-3-9-36-19/h3,6-10,21H,2,4-5,12,28H2,1H3,(H,29,34). The number of allylic oxidation sites excluding steroid dienone is 3. The van der Waals surface area contributed by atoms with Crippen molar-refractivity contribution >= 4 is 68.5 Å². The molecular formula is C25H21ClN6O3S3. The first-order chi connectivity index (χ1) is 18.4. The monoisotopic (exact) mass is 584 g/mol. The van der Waals surface area contributed by atoms with Gasteiger partial charge in [0, 0.05) is 27.6 Å². The number of nitriles is 1. The van der Waals surface area contributed by atoms with Crippen molar-refractivity contribution in [1.29, 1.82) is 5.26 Å². The van der Waals surface area contributed by atoms with Crippen LogP contribution in [0.15, 0.2) is 62.7 Å². The van der Waals surface area contributed by atoms with Crippen LogP contribution in [0, 0.1) is 11.3 Å². The van der Waals surface area contributed by atoms with Crippen molar-refractivity contribution in [3.8, 4) is 11.8 Å². The summed E-state index contributed by atoms with van der Waals surface area (Å²) in [5.74, 6) is 0.0936. The summed E-state index contributed by atoms with van der Waals surface area (Å²) < 4.78 is 5.82. The third-order valence-electron chi connectivity index (χ3n) is 6.09. The van der Waals surface area contributed by atoms with Gasteiger partial charge in [-0.05, 0) is 42.5 Å². The quantitative estimate of drug-likeness (QED) is 0.355. The number of nitrogens with one attached hydrogen (secondary N) is 1. The molecule has 3 aromatic rings. The van der Waals surface area contributed by atoms with E-state index in [9.17, 15) is 14.9 Å². The summed E-state index contributed by atoms with van der Waals surface area (Å²) in [6.45, 7) is 0. The predicted molar refractivity (Wildman–Crippen MR) is 150 cm³/mol. The Morgan fingerprint density at radius 1 is 1.37 bits per heavy atom. The van der Waals surface area contributed by atoms with E-state index in [2.05, 4.69) is 21.6 Å². The average Bonchev–Trinajstić information content (AvgIpc) is 3.60. The zero-order chi connectivity index (χ0) is 26.8. The summed E-state index contributed by atoms with van der Waals surface area (Å²) in [6, 6.07) is 11.0. The lowest BCUT2D eigenvalue weighted by Crippen LogP contribution is -2.38. The first-order valence-corrected chi connectivity index (χ1v) is 14.6. The van der Waals surface area contributed by atoms with E-state index in [1.807, 2.05) is 17.5 Å². The Balaban J connectivity index is 1.38. The van der Waals surface area contributed by atoms with E-state index in [1.54, 1.807) is 23.1 Å². The second-order valence-electron chi connectivity index (χ2n) is 8.36. The molecule has 1 aliphatic heterocycles. The Hall–Kier alpha value is -3.37. The van der Waals surface area contributed by atoms with E-state index in [-0.39, 0.29) is 23.3 Å². The number of thioether (sulfide) groups is 1. The number of methoxy groups -OCH3 is 1. The molecule has 2 aliphatic rings. The fourth-order valence-corrected chi connectivity index (χ4v) is 7.18. The van der Waals surface area contributed by atoms with Crippen LogP contribution in [0.4, 0.5) is 10.8 Å². The molecule has 38 heavy (non-hydrogen) atoms. The third-order valence-corrected chi connectivity index (χ3v) is 9.30. The molecule has 0 saturated heterocycles. The molecule has 9 nitrogen and oxygen atoms in total. The number of thiophene rings is 1. The van der Waals surface area contributed by atoms with Crippen molar-refractivity contribution in [3.63, 3.8) is 0 Å². The van der Waals surface area contributed by atoms with Gasteiger partial charge in [0.2, 0.25) is 11.0 Å². The van der Waals surface area contributed by atoms with Crippen LogP contribution in [0.5, 0.6) is 5.75 Å². The minimum atomic E-state index is -0.479.